The molecule has 0 aliphatic heterocycles. The van der Waals surface area contributed by atoms with Crippen LogP contribution >= 0.6 is 11.6 Å². The molecule has 0 aromatic heterocycles. The van der Waals surface area contributed by atoms with Crippen LogP contribution in [0.25, 0.3) is 0 Å². The Hall–Kier alpha value is -2.20. The van der Waals surface area contributed by atoms with E-state index < -0.39 is 5.97 Å². The van der Waals surface area contributed by atoms with E-state index in [-0.39, 0.29) is 5.56 Å². The van der Waals surface area contributed by atoms with E-state index in [1.165, 1.54) is 6.07 Å². The van der Waals surface area contributed by atoms with Gasteiger partial charge in [0.1, 0.15) is 0 Å². The zero-order valence-corrected chi connectivity index (χ0v) is 10.8. The zero-order chi connectivity index (χ0) is 14.0. The smallest absolute Gasteiger partial charge is 0.335 e. The second-order valence-electron chi connectivity index (χ2n) is 4.25. The maximum absolute atomic E-state index is 11.2. The highest BCUT2D eigenvalue weighted by molar-refractivity contribution is 6.33. The first-order valence-corrected chi connectivity index (χ1v) is 6.01. The molecule has 0 saturated carbocycles. The number of hydrogen-bond donors (Lipinski definition) is 3. The Kier molecular flexibility index (Phi) is 3.62. The van der Waals surface area contributed by atoms with Crippen LogP contribution in [-0.4, -0.2) is 11.1 Å². The molecule has 0 spiro atoms. The highest BCUT2D eigenvalue weighted by Gasteiger charge is 2.11. The van der Waals surface area contributed by atoms with Crippen LogP contribution in [-0.2, 0) is 6.42 Å². The molecule has 0 saturated heterocycles. The molecular formula is C14H13ClN2O2. The quantitative estimate of drug-likeness (QED) is 0.752. The summed E-state index contributed by atoms with van der Waals surface area (Å²) >= 11 is 5.85. The van der Waals surface area contributed by atoms with Crippen molar-refractivity contribution in [3.63, 3.8) is 0 Å². The molecule has 2 rings (SSSR count). The summed E-state index contributed by atoms with van der Waals surface area (Å²) in [6.45, 7) is 0. The summed E-state index contributed by atoms with van der Waals surface area (Å²) in [5.74, 6) is -0.975. The van der Waals surface area contributed by atoms with Crippen molar-refractivity contribution in [2.75, 3.05) is 11.5 Å². The number of rotatable bonds is 3. The predicted octanol–water partition coefficient (Wildman–Crippen LogP) is 2.79. The third-order valence-electron chi connectivity index (χ3n) is 2.81. The van der Waals surface area contributed by atoms with E-state index >= 15 is 0 Å². The molecule has 4 nitrogen and oxygen atoms in total. The van der Waals surface area contributed by atoms with Crippen molar-refractivity contribution in [1.82, 2.24) is 0 Å². The topological polar surface area (TPSA) is 89.3 Å². The minimum atomic E-state index is -0.975. The fourth-order valence-corrected chi connectivity index (χ4v) is 2.01. The summed E-state index contributed by atoms with van der Waals surface area (Å²) in [5.41, 5.74) is 14.2. The van der Waals surface area contributed by atoms with E-state index in [1.807, 2.05) is 6.07 Å². The number of aromatic carboxylic acids is 1. The van der Waals surface area contributed by atoms with E-state index in [1.54, 1.807) is 24.3 Å². The third-order valence-corrected chi connectivity index (χ3v) is 3.16. The SMILES string of the molecule is Nc1ccc(C(=O)O)c(Cc2ccc(Cl)c(N)c2)c1. The zero-order valence-electron chi connectivity index (χ0n) is 10.1. The van der Waals surface area contributed by atoms with Crippen LogP contribution in [0, 0.1) is 0 Å². The molecule has 0 fully saturated rings. The van der Waals surface area contributed by atoms with Crippen LogP contribution in [0.3, 0.4) is 0 Å². The van der Waals surface area contributed by atoms with E-state index in [0.29, 0.717) is 28.4 Å². The number of benzene rings is 2. The lowest BCUT2D eigenvalue weighted by atomic mass is 9.99. The molecule has 0 amide bonds. The van der Waals surface area contributed by atoms with Gasteiger partial charge < -0.3 is 16.6 Å². The van der Waals surface area contributed by atoms with Crippen molar-refractivity contribution in [1.29, 1.82) is 0 Å². The van der Waals surface area contributed by atoms with Crippen LogP contribution in [0.1, 0.15) is 21.5 Å². The monoisotopic (exact) mass is 276 g/mol. The fourth-order valence-electron chi connectivity index (χ4n) is 1.89. The molecular weight excluding hydrogens is 264 g/mol. The summed E-state index contributed by atoms with van der Waals surface area (Å²) in [5, 5.41) is 9.63. The van der Waals surface area contributed by atoms with E-state index in [0.717, 1.165) is 5.56 Å². The second kappa shape index (κ2) is 5.20. The molecule has 5 N–H and O–H groups in total. The standard InChI is InChI=1S/C14H13ClN2O2/c15-12-4-1-8(6-13(12)17)5-9-7-10(16)2-3-11(9)14(18)19/h1-4,6-7H,5,16-17H2,(H,18,19). The molecule has 0 radical (unpaired) electrons. The van der Waals surface area contributed by atoms with Gasteiger partial charge in [-0.1, -0.05) is 17.7 Å². The van der Waals surface area contributed by atoms with Gasteiger partial charge in [0.15, 0.2) is 0 Å². The summed E-state index contributed by atoms with van der Waals surface area (Å²) in [4.78, 5) is 11.2. The number of anilines is 2. The van der Waals surface area contributed by atoms with Gasteiger partial charge in [-0.25, -0.2) is 4.79 Å². The van der Waals surface area contributed by atoms with Crippen molar-refractivity contribution < 1.29 is 9.90 Å². The predicted molar refractivity (Wildman–Crippen MR) is 76.5 cm³/mol. The average molecular weight is 277 g/mol. The summed E-state index contributed by atoms with van der Waals surface area (Å²) in [7, 11) is 0. The van der Waals surface area contributed by atoms with Gasteiger partial charge in [-0.2, -0.15) is 0 Å². The van der Waals surface area contributed by atoms with Crippen molar-refractivity contribution in [3.8, 4) is 0 Å². The Balaban J connectivity index is 2.39. The molecule has 5 heteroatoms. The van der Waals surface area contributed by atoms with Gasteiger partial charge in [0.05, 0.1) is 16.3 Å². The molecule has 2 aromatic carbocycles. The number of carboxylic acids is 1. The summed E-state index contributed by atoms with van der Waals surface area (Å²) in [6.07, 6.45) is 0.439. The molecule has 0 atom stereocenters. The lowest BCUT2D eigenvalue weighted by Crippen LogP contribution is -2.04. The largest absolute Gasteiger partial charge is 0.478 e. The number of hydrogen-bond acceptors (Lipinski definition) is 3. The Bertz CT molecular complexity index is 641. The summed E-state index contributed by atoms with van der Waals surface area (Å²) < 4.78 is 0. The van der Waals surface area contributed by atoms with Crippen LogP contribution in [0.2, 0.25) is 5.02 Å². The first-order valence-electron chi connectivity index (χ1n) is 5.63. The van der Waals surface area contributed by atoms with Crippen LogP contribution in [0.4, 0.5) is 11.4 Å². The highest BCUT2D eigenvalue weighted by atomic mass is 35.5. The maximum Gasteiger partial charge on any atom is 0.335 e. The first kappa shape index (κ1) is 13.2. The Labute approximate surface area is 115 Å². The van der Waals surface area contributed by atoms with Crippen LogP contribution < -0.4 is 11.5 Å². The Morgan fingerprint density at radius 2 is 1.89 bits per heavy atom. The number of carboxylic acid groups (broad SMARTS) is 1. The normalized spacial score (nSPS) is 10.4. The number of nitrogen functional groups attached to an aromatic ring is 2. The van der Waals surface area contributed by atoms with Crippen molar-refractivity contribution in [2.24, 2.45) is 0 Å². The van der Waals surface area contributed by atoms with E-state index in [2.05, 4.69) is 0 Å². The Morgan fingerprint density at radius 3 is 2.53 bits per heavy atom. The van der Waals surface area contributed by atoms with Gasteiger partial charge in [-0.3, -0.25) is 0 Å². The lowest BCUT2D eigenvalue weighted by molar-refractivity contribution is 0.0696. The Morgan fingerprint density at radius 1 is 1.16 bits per heavy atom. The van der Waals surface area contributed by atoms with Gasteiger partial charge >= 0.3 is 5.97 Å². The van der Waals surface area contributed by atoms with Crippen LogP contribution in [0.15, 0.2) is 36.4 Å². The molecule has 0 unspecified atom stereocenters. The van der Waals surface area contributed by atoms with Crippen molar-refractivity contribution in [2.45, 2.75) is 6.42 Å². The first-order chi connectivity index (χ1) is 8.97. The third kappa shape index (κ3) is 2.98. The van der Waals surface area contributed by atoms with E-state index in [9.17, 15) is 4.79 Å². The maximum atomic E-state index is 11.2. The van der Waals surface area contributed by atoms with E-state index in [4.69, 9.17) is 28.2 Å². The minimum absolute atomic E-state index is 0.239. The number of carbonyl (C=O) groups is 1. The molecule has 19 heavy (non-hydrogen) atoms. The van der Waals surface area contributed by atoms with Gasteiger partial charge in [0, 0.05) is 5.69 Å². The second-order valence-corrected chi connectivity index (χ2v) is 4.66. The molecule has 0 aliphatic carbocycles. The molecule has 0 bridgehead atoms. The van der Waals surface area contributed by atoms with Gasteiger partial charge in [-0.05, 0) is 47.9 Å². The minimum Gasteiger partial charge on any atom is -0.478 e. The molecule has 98 valence electrons. The fraction of sp³-hybridized carbons (Fsp3) is 0.0714. The number of nitrogens with two attached hydrogens (primary N) is 2. The molecule has 2 aromatic rings. The van der Waals surface area contributed by atoms with Crippen molar-refractivity contribution >= 4 is 28.9 Å². The molecule has 0 heterocycles. The van der Waals surface area contributed by atoms with Gasteiger partial charge in [0.2, 0.25) is 0 Å². The van der Waals surface area contributed by atoms with Gasteiger partial charge in [-0.15, -0.1) is 0 Å². The van der Waals surface area contributed by atoms with Gasteiger partial charge in [0.25, 0.3) is 0 Å². The highest BCUT2D eigenvalue weighted by Crippen LogP contribution is 2.23. The molecule has 0 aliphatic rings. The van der Waals surface area contributed by atoms with Crippen molar-refractivity contribution in [3.05, 3.63) is 58.1 Å². The average Bonchev–Trinajstić information content (AvgIpc) is 2.33. The lowest BCUT2D eigenvalue weighted by Gasteiger charge is -2.08. The van der Waals surface area contributed by atoms with Crippen LogP contribution in [0.5, 0.6) is 0 Å². The summed E-state index contributed by atoms with van der Waals surface area (Å²) in [6, 6.07) is 9.98. The number of halogens is 1.